The lowest BCUT2D eigenvalue weighted by molar-refractivity contribution is -0.128. The number of carbonyl (C=O) groups is 3. The lowest BCUT2D eigenvalue weighted by Crippen LogP contribution is -2.39. The molecule has 0 saturated heterocycles. The predicted molar refractivity (Wildman–Crippen MR) is 88.9 cm³/mol. The molecular formula is C17H24N2O5. The van der Waals surface area contributed by atoms with Crippen LogP contribution in [-0.4, -0.2) is 37.7 Å². The number of hydrogen-bond donors (Lipinski definition) is 2. The molecule has 0 heterocycles. The van der Waals surface area contributed by atoms with E-state index in [9.17, 15) is 14.4 Å². The summed E-state index contributed by atoms with van der Waals surface area (Å²) >= 11 is 0. The lowest BCUT2D eigenvalue weighted by atomic mass is 9.96. The minimum absolute atomic E-state index is 0.0720. The number of hydrogen-bond acceptors (Lipinski definition) is 5. The van der Waals surface area contributed by atoms with E-state index in [1.807, 2.05) is 20.8 Å². The molecule has 0 bridgehead atoms. The van der Waals surface area contributed by atoms with Crippen LogP contribution in [0.5, 0.6) is 5.75 Å². The van der Waals surface area contributed by atoms with Crippen LogP contribution in [-0.2, 0) is 9.53 Å². The van der Waals surface area contributed by atoms with Gasteiger partial charge in [-0.1, -0.05) is 20.8 Å². The molecule has 0 fully saturated rings. The first-order chi connectivity index (χ1) is 11.2. The Morgan fingerprint density at radius 1 is 1.00 bits per heavy atom. The van der Waals surface area contributed by atoms with Crippen molar-refractivity contribution in [2.45, 2.75) is 27.7 Å². The molecular weight excluding hydrogens is 312 g/mol. The van der Waals surface area contributed by atoms with E-state index in [1.165, 1.54) is 24.3 Å². The van der Waals surface area contributed by atoms with E-state index in [2.05, 4.69) is 15.4 Å². The van der Waals surface area contributed by atoms with Crippen molar-refractivity contribution in [1.29, 1.82) is 0 Å². The second-order valence-electron chi connectivity index (χ2n) is 6.07. The zero-order chi connectivity index (χ0) is 18.2. The lowest BCUT2D eigenvalue weighted by Gasteiger charge is -2.17. The van der Waals surface area contributed by atoms with Gasteiger partial charge in [-0.05, 0) is 31.2 Å². The highest BCUT2D eigenvalue weighted by Gasteiger charge is 2.20. The van der Waals surface area contributed by atoms with Crippen LogP contribution in [0.4, 0.5) is 4.79 Å². The van der Waals surface area contributed by atoms with Gasteiger partial charge in [0.1, 0.15) is 5.75 Å². The molecule has 0 aliphatic rings. The van der Waals surface area contributed by atoms with Crippen LogP contribution in [0, 0.1) is 5.41 Å². The number of benzene rings is 1. The number of ether oxygens (including phenoxy) is 2. The summed E-state index contributed by atoms with van der Waals surface area (Å²) in [5, 5.41) is 5.45. The fourth-order valence-corrected chi connectivity index (χ4v) is 1.64. The van der Waals surface area contributed by atoms with Gasteiger partial charge in [0.25, 0.3) is 5.91 Å². The van der Waals surface area contributed by atoms with Gasteiger partial charge >= 0.3 is 6.16 Å². The summed E-state index contributed by atoms with van der Waals surface area (Å²) in [4.78, 5) is 34.8. The van der Waals surface area contributed by atoms with E-state index in [4.69, 9.17) is 4.74 Å². The fourth-order valence-electron chi connectivity index (χ4n) is 1.64. The average Bonchev–Trinajstić information content (AvgIpc) is 2.51. The van der Waals surface area contributed by atoms with E-state index < -0.39 is 11.6 Å². The highest BCUT2D eigenvalue weighted by Crippen LogP contribution is 2.13. The van der Waals surface area contributed by atoms with Gasteiger partial charge in [0.05, 0.1) is 6.61 Å². The SMILES string of the molecule is CCOC(=O)Oc1ccc(C(=O)NCCNC(=O)C(C)(C)C)cc1. The predicted octanol–water partition coefficient (Wildman–Crippen LogP) is 2.11. The van der Waals surface area contributed by atoms with Crippen molar-refractivity contribution in [1.82, 2.24) is 10.6 Å². The van der Waals surface area contributed by atoms with Crippen LogP contribution in [0.1, 0.15) is 38.1 Å². The van der Waals surface area contributed by atoms with Crippen molar-refractivity contribution >= 4 is 18.0 Å². The molecule has 2 amide bonds. The van der Waals surface area contributed by atoms with Crippen LogP contribution >= 0.6 is 0 Å². The number of amides is 2. The van der Waals surface area contributed by atoms with Crippen molar-refractivity contribution < 1.29 is 23.9 Å². The molecule has 0 saturated carbocycles. The maximum atomic E-state index is 12.0. The molecule has 0 radical (unpaired) electrons. The molecule has 7 heteroatoms. The monoisotopic (exact) mass is 336 g/mol. The van der Waals surface area contributed by atoms with E-state index in [0.29, 0.717) is 24.4 Å². The number of carbonyl (C=O) groups excluding carboxylic acids is 3. The third-order valence-corrected chi connectivity index (χ3v) is 2.96. The number of nitrogens with one attached hydrogen (secondary N) is 2. The molecule has 1 aromatic rings. The Bertz CT molecular complexity index is 576. The Kier molecular flexibility index (Phi) is 7.23. The molecule has 0 aromatic heterocycles. The Balaban J connectivity index is 2.40. The van der Waals surface area contributed by atoms with E-state index in [1.54, 1.807) is 6.92 Å². The molecule has 1 rings (SSSR count). The van der Waals surface area contributed by atoms with E-state index in [0.717, 1.165) is 0 Å². The number of rotatable bonds is 6. The van der Waals surface area contributed by atoms with Crippen LogP contribution in [0.15, 0.2) is 24.3 Å². The molecule has 0 atom stereocenters. The van der Waals surface area contributed by atoms with Crippen molar-refractivity contribution in [2.24, 2.45) is 5.41 Å². The van der Waals surface area contributed by atoms with Gasteiger partial charge in [0, 0.05) is 24.1 Å². The van der Waals surface area contributed by atoms with Gasteiger partial charge < -0.3 is 20.1 Å². The highest BCUT2D eigenvalue weighted by molar-refractivity contribution is 5.94. The van der Waals surface area contributed by atoms with Crippen LogP contribution in [0.25, 0.3) is 0 Å². The third kappa shape index (κ3) is 6.68. The largest absolute Gasteiger partial charge is 0.513 e. The molecule has 2 N–H and O–H groups in total. The topological polar surface area (TPSA) is 93.7 Å². The van der Waals surface area contributed by atoms with Crippen molar-refractivity contribution in [2.75, 3.05) is 19.7 Å². The molecule has 0 unspecified atom stereocenters. The molecule has 132 valence electrons. The zero-order valence-corrected chi connectivity index (χ0v) is 14.5. The van der Waals surface area contributed by atoms with E-state index >= 15 is 0 Å². The Morgan fingerprint density at radius 2 is 1.58 bits per heavy atom. The van der Waals surface area contributed by atoms with Crippen molar-refractivity contribution in [3.05, 3.63) is 29.8 Å². The van der Waals surface area contributed by atoms with Crippen LogP contribution in [0.3, 0.4) is 0 Å². The van der Waals surface area contributed by atoms with Crippen LogP contribution < -0.4 is 15.4 Å². The van der Waals surface area contributed by atoms with Crippen molar-refractivity contribution in [3.8, 4) is 5.75 Å². The zero-order valence-electron chi connectivity index (χ0n) is 14.5. The molecule has 24 heavy (non-hydrogen) atoms. The smallest absolute Gasteiger partial charge is 0.434 e. The second-order valence-corrected chi connectivity index (χ2v) is 6.07. The standard InChI is InChI=1S/C17H24N2O5/c1-5-23-16(22)24-13-8-6-12(7-9-13)14(20)18-10-11-19-15(21)17(2,3)4/h6-9H,5,10-11H2,1-4H3,(H,18,20)(H,19,21). The average molecular weight is 336 g/mol. The summed E-state index contributed by atoms with van der Waals surface area (Å²) in [6.45, 7) is 8.04. The van der Waals surface area contributed by atoms with Crippen molar-refractivity contribution in [3.63, 3.8) is 0 Å². The van der Waals surface area contributed by atoms with Gasteiger partial charge in [-0.25, -0.2) is 4.79 Å². The quantitative estimate of drug-likeness (QED) is 0.471. The molecule has 1 aromatic carbocycles. The summed E-state index contributed by atoms with van der Waals surface area (Å²) in [6.07, 6.45) is -0.788. The molecule has 0 aliphatic carbocycles. The normalized spacial score (nSPS) is 10.7. The van der Waals surface area contributed by atoms with E-state index in [-0.39, 0.29) is 18.4 Å². The highest BCUT2D eigenvalue weighted by atomic mass is 16.7. The van der Waals surface area contributed by atoms with Gasteiger partial charge in [0.2, 0.25) is 5.91 Å². The first kappa shape index (κ1) is 19.5. The minimum atomic E-state index is -0.788. The Morgan fingerprint density at radius 3 is 2.12 bits per heavy atom. The van der Waals surface area contributed by atoms with Crippen LogP contribution in [0.2, 0.25) is 0 Å². The van der Waals surface area contributed by atoms with Gasteiger partial charge in [-0.15, -0.1) is 0 Å². The minimum Gasteiger partial charge on any atom is -0.434 e. The molecule has 0 spiro atoms. The third-order valence-electron chi connectivity index (χ3n) is 2.96. The molecule has 0 aliphatic heterocycles. The van der Waals surface area contributed by atoms with Gasteiger partial charge in [-0.3, -0.25) is 9.59 Å². The Hall–Kier alpha value is -2.57. The van der Waals surface area contributed by atoms with Gasteiger partial charge in [-0.2, -0.15) is 0 Å². The summed E-state index contributed by atoms with van der Waals surface area (Å²) < 4.78 is 9.56. The Labute approximate surface area is 141 Å². The maximum absolute atomic E-state index is 12.0. The van der Waals surface area contributed by atoms with Gasteiger partial charge in [0.15, 0.2) is 0 Å². The summed E-state index contributed by atoms with van der Waals surface area (Å²) in [6, 6.07) is 6.09. The summed E-state index contributed by atoms with van der Waals surface area (Å²) in [5.41, 5.74) is -0.0352. The maximum Gasteiger partial charge on any atom is 0.513 e. The first-order valence-electron chi connectivity index (χ1n) is 7.75. The summed E-state index contributed by atoms with van der Waals surface area (Å²) in [5.74, 6) is -0.0534. The second kappa shape index (κ2) is 8.90. The fraction of sp³-hybridized carbons (Fsp3) is 0.471. The first-order valence-corrected chi connectivity index (χ1v) is 7.75. The summed E-state index contributed by atoms with van der Waals surface area (Å²) in [7, 11) is 0. The molecule has 7 nitrogen and oxygen atoms in total.